The van der Waals surface area contributed by atoms with Gasteiger partial charge in [0.15, 0.2) is 5.75 Å². The number of phenols is 1. The molecule has 2 rings (SSSR count). The van der Waals surface area contributed by atoms with E-state index in [0.717, 1.165) is 4.88 Å². The van der Waals surface area contributed by atoms with Gasteiger partial charge in [0.25, 0.3) is 0 Å². The summed E-state index contributed by atoms with van der Waals surface area (Å²) in [6.45, 7) is 0. The highest BCUT2D eigenvalue weighted by Gasteiger charge is 2.22. The maximum Gasteiger partial charge on any atom is 0.315 e. The molecule has 19 heavy (non-hydrogen) atoms. The zero-order valence-electron chi connectivity index (χ0n) is 10.1. The number of thiophene rings is 1. The van der Waals surface area contributed by atoms with Gasteiger partial charge in [-0.2, -0.15) is 0 Å². The number of nitro benzene ring substituents is 1. The van der Waals surface area contributed by atoms with Crippen molar-refractivity contribution in [3.8, 4) is 11.5 Å². The number of hydrogen-bond acceptors (Lipinski definition) is 6. The molecule has 0 aliphatic carbocycles. The lowest BCUT2D eigenvalue weighted by molar-refractivity contribution is -0.386. The van der Waals surface area contributed by atoms with Crippen molar-refractivity contribution in [3.63, 3.8) is 0 Å². The van der Waals surface area contributed by atoms with Crippen LogP contribution in [0.4, 0.5) is 5.69 Å². The molecule has 0 unspecified atom stereocenters. The molecule has 0 aliphatic rings. The summed E-state index contributed by atoms with van der Waals surface area (Å²) in [5, 5.41) is 22.5. The zero-order valence-corrected chi connectivity index (χ0v) is 10.9. The zero-order chi connectivity index (χ0) is 14.0. The van der Waals surface area contributed by atoms with Crippen molar-refractivity contribution in [2.24, 2.45) is 5.73 Å². The molecule has 2 aromatic rings. The number of aromatic hydroxyl groups is 1. The van der Waals surface area contributed by atoms with E-state index in [1.807, 2.05) is 17.5 Å². The van der Waals surface area contributed by atoms with E-state index in [1.165, 1.54) is 30.6 Å². The Morgan fingerprint density at radius 1 is 1.53 bits per heavy atom. The number of benzene rings is 1. The minimum atomic E-state index is -0.664. The van der Waals surface area contributed by atoms with Gasteiger partial charge in [0.2, 0.25) is 5.75 Å². The van der Waals surface area contributed by atoms with Crippen LogP contribution in [0.15, 0.2) is 29.6 Å². The molecule has 1 aromatic carbocycles. The first-order chi connectivity index (χ1) is 9.04. The molecule has 0 amide bonds. The summed E-state index contributed by atoms with van der Waals surface area (Å²) in [5.41, 5.74) is 6.16. The van der Waals surface area contributed by atoms with Gasteiger partial charge in [-0.05, 0) is 23.1 Å². The molecule has 0 aliphatic heterocycles. The molecule has 0 saturated carbocycles. The Bertz CT molecular complexity index is 598. The highest BCUT2D eigenvalue weighted by atomic mass is 32.1. The summed E-state index contributed by atoms with van der Waals surface area (Å²) in [7, 11) is 1.33. The number of rotatable bonds is 4. The van der Waals surface area contributed by atoms with E-state index in [1.54, 1.807) is 0 Å². The number of hydrogen-bond donors (Lipinski definition) is 2. The highest BCUT2D eigenvalue weighted by molar-refractivity contribution is 7.10. The fourth-order valence-corrected chi connectivity index (χ4v) is 2.47. The number of phenolic OH excluding ortho intramolecular Hbond substituents is 1. The minimum Gasteiger partial charge on any atom is -0.500 e. The maximum absolute atomic E-state index is 10.9. The summed E-state index contributed by atoms with van der Waals surface area (Å²) >= 11 is 1.46. The molecule has 0 radical (unpaired) electrons. The van der Waals surface area contributed by atoms with Gasteiger partial charge in [0, 0.05) is 10.9 Å². The number of nitro groups is 1. The van der Waals surface area contributed by atoms with E-state index in [4.69, 9.17) is 10.5 Å². The van der Waals surface area contributed by atoms with Gasteiger partial charge in [0.05, 0.1) is 18.1 Å². The monoisotopic (exact) mass is 280 g/mol. The van der Waals surface area contributed by atoms with Gasteiger partial charge in [-0.25, -0.2) is 0 Å². The topological polar surface area (TPSA) is 98.6 Å². The molecule has 100 valence electrons. The third-order valence-electron chi connectivity index (χ3n) is 2.70. The second-order valence-corrected chi connectivity index (χ2v) is 4.82. The Morgan fingerprint density at radius 3 is 2.79 bits per heavy atom. The predicted molar refractivity (Wildman–Crippen MR) is 71.7 cm³/mol. The van der Waals surface area contributed by atoms with Crippen molar-refractivity contribution < 1.29 is 14.8 Å². The van der Waals surface area contributed by atoms with Crippen LogP contribution in [0.25, 0.3) is 0 Å². The fourth-order valence-electron chi connectivity index (χ4n) is 1.72. The average Bonchev–Trinajstić information content (AvgIpc) is 2.91. The molecule has 6 nitrogen and oxygen atoms in total. The Morgan fingerprint density at radius 2 is 2.26 bits per heavy atom. The van der Waals surface area contributed by atoms with E-state index in [-0.39, 0.29) is 5.75 Å². The lowest BCUT2D eigenvalue weighted by atomic mass is 10.0. The summed E-state index contributed by atoms with van der Waals surface area (Å²) in [6.07, 6.45) is 0. The van der Waals surface area contributed by atoms with Gasteiger partial charge in [-0.3, -0.25) is 10.1 Å². The Kier molecular flexibility index (Phi) is 3.68. The van der Waals surface area contributed by atoms with Crippen molar-refractivity contribution >= 4 is 17.0 Å². The van der Waals surface area contributed by atoms with E-state index < -0.39 is 22.4 Å². The molecule has 1 heterocycles. The van der Waals surface area contributed by atoms with Crippen LogP contribution in [0, 0.1) is 10.1 Å². The minimum absolute atomic E-state index is 0.0382. The van der Waals surface area contributed by atoms with E-state index >= 15 is 0 Å². The quantitative estimate of drug-likeness (QED) is 0.662. The molecule has 0 saturated heterocycles. The van der Waals surface area contributed by atoms with Crippen molar-refractivity contribution in [3.05, 3.63) is 50.2 Å². The van der Waals surface area contributed by atoms with Crippen LogP contribution in [0.1, 0.15) is 16.5 Å². The molecule has 0 fully saturated rings. The molecule has 0 spiro atoms. The lowest BCUT2D eigenvalue weighted by Gasteiger charge is -2.12. The third-order valence-corrected chi connectivity index (χ3v) is 3.66. The number of ether oxygens (including phenoxy) is 1. The van der Waals surface area contributed by atoms with Crippen molar-refractivity contribution in [2.45, 2.75) is 6.04 Å². The first-order valence-electron chi connectivity index (χ1n) is 5.39. The summed E-state index contributed by atoms with van der Waals surface area (Å²) in [6, 6.07) is 5.98. The normalized spacial score (nSPS) is 12.1. The molecular weight excluding hydrogens is 268 g/mol. The number of methoxy groups -OCH3 is 1. The predicted octanol–water partition coefficient (Wildman–Crippen LogP) is 2.42. The van der Waals surface area contributed by atoms with Crippen LogP contribution in [0.5, 0.6) is 11.5 Å². The number of nitrogens with zero attached hydrogens (tertiary/aromatic N) is 1. The second-order valence-electron chi connectivity index (χ2n) is 3.84. The van der Waals surface area contributed by atoms with E-state index in [0.29, 0.717) is 5.56 Å². The molecule has 1 aromatic heterocycles. The molecule has 0 bridgehead atoms. The third kappa shape index (κ3) is 2.51. The Balaban J connectivity index is 2.52. The van der Waals surface area contributed by atoms with Crippen molar-refractivity contribution in [1.82, 2.24) is 0 Å². The van der Waals surface area contributed by atoms with Gasteiger partial charge in [0.1, 0.15) is 0 Å². The summed E-state index contributed by atoms with van der Waals surface area (Å²) in [5.74, 6) is -0.453. The standard InChI is InChI=1S/C12H12N2O4S/c1-18-9-6-7(5-8(12(9)15)14(16)17)11(13)10-3-2-4-19-10/h2-6,11,15H,13H2,1H3/t11-/m1/s1. The first-order valence-corrected chi connectivity index (χ1v) is 6.26. The highest BCUT2D eigenvalue weighted by Crippen LogP contribution is 2.39. The van der Waals surface area contributed by atoms with Crippen molar-refractivity contribution in [2.75, 3.05) is 7.11 Å². The van der Waals surface area contributed by atoms with Crippen LogP contribution < -0.4 is 10.5 Å². The van der Waals surface area contributed by atoms with Crippen LogP contribution >= 0.6 is 11.3 Å². The Hall–Kier alpha value is -2.12. The second kappa shape index (κ2) is 5.25. The van der Waals surface area contributed by atoms with Gasteiger partial charge >= 0.3 is 5.69 Å². The summed E-state index contributed by atoms with van der Waals surface area (Å²) < 4.78 is 4.94. The Labute approximate surface area is 113 Å². The SMILES string of the molecule is COc1cc([C@@H](N)c2cccs2)cc([N+](=O)[O-])c1O. The smallest absolute Gasteiger partial charge is 0.315 e. The van der Waals surface area contributed by atoms with E-state index in [2.05, 4.69) is 0 Å². The van der Waals surface area contributed by atoms with Crippen molar-refractivity contribution in [1.29, 1.82) is 0 Å². The van der Waals surface area contributed by atoms with Gasteiger partial charge in [-0.15, -0.1) is 11.3 Å². The molecule has 1 atom stereocenters. The summed E-state index contributed by atoms with van der Waals surface area (Å²) in [4.78, 5) is 11.1. The fraction of sp³-hybridized carbons (Fsp3) is 0.167. The molecule has 7 heteroatoms. The first kappa shape index (κ1) is 13.3. The average molecular weight is 280 g/mol. The van der Waals surface area contributed by atoms with E-state index in [9.17, 15) is 15.2 Å². The van der Waals surface area contributed by atoms with Crippen LogP contribution in [-0.4, -0.2) is 17.1 Å². The molecule has 3 N–H and O–H groups in total. The number of nitrogens with two attached hydrogens (primary N) is 1. The van der Waals surface area contributed by atoms with Crippen LogP contribution in [0.2, 0.25) is 0 Å². The van der Waals surface area contributed by atoms with Crippen LogP contribution in [0.3, 0.4) is 0 Å². The largest absolute Gasteiger partial charge is 0.500 e. The van der Waals surface area contributed by atoms with Gasteiger partial charge in [-0.1, -0.05) is 6.07 Å². The lowest BCUT2D eigenvalue weighted by Crippen LogP contribution is -2.10. The van der Waals surface area contributed by atoms with Gasteiger partial charge < -0.3 is 15.6 Å². The molecular formula is C12H12N2O4S. The maximum atomic E-state index is 10.9. The van der Waals surface area contributed by atoms with Crippen LogP contribution in [-0.2, 0) is 0 Å².